The van der Waals surface area contributed by atoms with Gasteiger partial charge in [0.05, 0.1) is 5.56 Å². The van der Waals surface area contributed by atoms with Crippen molar-refractivity contribution < 1.29 is 23.0 Å². The second kappa shape index (κ2) is 6.83. The third kappa shape index (κ3) is 4.01. The molecule has 0 unspecified atom stereocenters. The number of Topliss-reactive ketones (excluding diaryl/α,β-unsaturated/α-hetero) is 1. The quantitative estimate of drug-likeness (QED) is 0.691. The van der Waals surface area contributed by atoms with Crippen molar-refractivity contribution in [1.29, 1.82) is 0 Å². The van der Waals surface area contributed by atoms with E-state index in [1.165, 1.54) is 19.1 Å². The van der Waals surface area contributed by atoms with Gasteiger partial charge in [0.2, 0.25) is 0 Å². The first-order valence-electron chi connectivity index (χ1n) is 5.21. The Morgan fingerprint density at radius 1 is 1.18 bits per heavy atom. The second-order valence-corrected chi connectivity index (χ2v) is 3.29. The van der Waals surface area contributed by atoms with Crippen LogP contribution in [-0.2, 0) is 0 Å². The van der Waals surface area contributed by atoms with Crippen LogP contribution in [-0.4, -0.2) is 32.3 Å². The highest BCUT2D eigenvalue weighted by Crippen LogP contribution is 2.25. The fourth-order valence-corrected chi connectivity index (χ4v) is 1.31. The number of alkyl halides is 2. The summed E-state index contributed by atoms with van der Waals surface area (Å²) < 4.78 is 34.1. The average molecular weight is 244 g/mol. The number of ether oxygens (including phenoxy) is 2. The molecule has 0 heterocycles. The van der Waals surface area contributed by atoms with E-state index in [2.05, 4.69) is 0 Å². The Morgan fingerprint density at radius 2 is 1.82 bits per heavy atom. The molecule has 0 fully saturated rings. The van der Waals surface area contributed by atoms with Crippen molar-refractivity contribution in [3.63, 3.8) is 0 Å². The molecule has 0 saturated carbocycles. The van der Waals surface area contributed by atoms with Crippen LogP contribution in [0.1, 0.15) is 17.3 Å². The lowest BCUT2D eigenvalue weighted by molar-refractivity contribution is 0.101. The lowest BCUT2D eigenvalue weighted by Gasteiger charge is -2.11. The minimum atomic E-state index is -0.646. The van der Waals surface area contributed by atoms with Crippen LogP contribution in [0.25, 0.3) is 0 Å². The molecule has 1 aromatic carbocycles. The minimum Gasteiger partial charge on any atom is -0.491 e. The molecule has 5 heteroatoms. The van der Waals surface area contributed by atoms with Crippen LogP contribution in [0, 0.1) is 0 Å². The minimum absolute atomic E-state index is 0.0675. The first-order chi connectivity index (χ1) is 8.19. The van der Waals surface area contributed by atoms with Gasteiger partial charge in [-0.15, -0.1) is 0 Å². The summed E-state index contributed by atoms with van der Waals surface area (Å²) in [6.07, 6.45) is 0. The molecule has 0 aliphatic rings. The van der Waals surface area contributed by atoms with Gasteiger partial charge < -0.3 is 9.47 Å². The normalized spacial score (nSPS) is 10.1. The van der Waals surface area contributed by atoms with Gasteiger partial charge in [0.1, 0.15) is 38.1 Å². The van der Waals surface area contributed by atoms with Gasteiger partial charge >= 0.3 is 0 Å². The zero-order chi connectivity index (χ0) is 12.7. The van der Waals surface area contributed by atoms with Gasteiger partial charge in [-0.3, -0.25) is 4.79 Å². The number of carbonyl (C=O) groups is 1. The van der Waals surface area contributed by atoms with Crippen LogP contribution in [0.3, 0.4) is 0 Å². The predicted molar refractivity (Wildman–Crippen MR) is 59.4 cm³/mol. The van der Waals surface area contributed by atoms with E-state index < -0.39 is 13.3 Å². The standard InChI is InChI=1S/C12H14F2O3/c1-9(15)11-3-2-10(16-6-4-13)8-12(11)17-7-5-14/h2-3,8H,4-7H2,1H3. The molecule has 0 saturated heterocycles. The van der Waals surface area contributed by atoms with Crippen LogP contribution in [0.2, 0.25) is 0 Å². The summed E-state index contributed by atoms with van der Waals surface area (Å²) in [4.78, 5) is 11.3. The molecule has 1 rings (SSSR count). The number of ketones is 1. The summed E-state index contributed by atoms with van der Waals surface area (Å²) in [6.45, 7) is -0.0589. The van der Waals surface area contributed by atoms with Crippen molar-refractivity contribution in [2.75, 3.05) is 26.6 Å². The number of hydrogen-bond acceptors (Lipinski definition) is 3. The molecule has 0 atom stereocenters. The van der Waals surface area contributed by atoms with Gasteiger partial charge in [0, 0.05) is 6.07 Å². The summed E-state index contributed by atoms with van der Waals surface area (Å²) in [6, 6.07) is 4.53. The van der Waals surface area contributed by atoms with Crippen LogP contribution in [0.15, 0.2) is 18.2 Å². The van der Waals surface area contributed by atoms with Gasteiger partial charge in [0.15, 0.2) is 5.78 Å². The molecule has 0 radical (unpaired) electrons. The summed E-state index contributed by atoms with van der Waals surface area (Å²) in [5.74, 6) is 0.462. The molecule has 94 valence electrons. The third-order valence-electron chi connectivity index (χ3n) is 2.01. The van der Waals surface area contributed by atoms with Crippen molar-refractivity contribution in [3.8, 4) is 11.5 Å². The van der Waals surface area contributed by atoms with E-state index in [-0.39, 0.29) is 24.7 Å². The number of rotatable bonds is 7. The highest BCUT2D eigenvalue weighted by molar-refractivity contribution is 5.97. The summed E-state index contributed by atoms with van der Waals surface area (Å²) in [5, 5.41) is 0. The maximum Gasteiger partial charge on any atom is 0.163 e. The zero-order valence-corrected chi connectivity index (χ0v) is 9.54. The van der Waals surface area contributed by atoms with Gasteiger partial charge in [-0.05, 0) is 19.1 Å². The van der Waals surface area contributed by atoms with E-state index in [1.807, 2.05) is 0 Å². The van der Waals surface area contributed by atoms with Crippen LogP contribution >= 0.6 is 0 Å². The predicted octanol–water partition coefficient (Wildman–Crippen LogP) is 2.59. The molecule has 3 nitrogen and oxygen atoms in total. The Hall–Kier alpha value is -1.65. The maximum atomic E-state index is 12.0. The molecular formula is C12H14F2O3. The monoisotopic (exact) mass is 244 g/mol. The van der Waals surface area contributed by atoms with Crippen LogP contribution in [0.5, 0.6) is 11.5 Å². The lowest BCUT2D eigenvalue weighted by atomic mass is 10.1. The summed E-state index contributed by atoms with van der Waals surface area (Å²) in [5.41, 5.74) is 0.353. The first-order valence-corrected chi connectivity index (χ1v) is 5.21. The highest BCUT2D eigenvalue weighted by Gasteiger charge is 2.10. The van der Waals surface area contributed by atoms with Crippen molar-refractivity contribution in [2.45, 2.75) is 6.92 Å². The Balaban J connectivity index is 2.88. The molecule has 17 heavy (non-hydrogen) atoms. The molecule has 0 aromatic heterocycles. The second-order valence-electron chi connectivity index (χ2n) is 3.29. The van der Waals surface area contributed by atoms with Crippen molar-refractivity contribution in [2.24, 2.45) is 0 Å². The van der Waals surface area contributed by atoms with Crippen molar-refractivity contribution >= 4 is 5.78 Å². The molecule has 0 aliphatic heterocycles. The van der Waals surface area contributed by atoms with E-state index in [0.717, 1.165) is 0 Å². The largest absolute Gasteiger partial charge is 0.491 e. The van der Waals surface area contributed by atoms with Gasteiger partial charge in [-0.2, -0.15) is 0 Å². The van der Waals surface area contributed by atoms with Crippen LogP contribution < -0.4 is 9.47 Å². The Morgan fingerprint density at radius 3 is 2.41 bits per heavy atom. The number of carbonyl (C=O) groups excluding carboxylic acids is 1. The first kappa shape index (κ1) is 13.4. The third-order valence-corrected chi connectivity index (χ3v) is 2.01. The topological polar surface area (TPSA) is 35.5 Å². The number of halogens is 2. The Bertz CT molecular complexity index is 380. The molecule has 0 amide bonds. The highest BCUT2D eigenvalue weighted by atomic mass is 19.1. The average Bonchev–Trinajstić information content (AvgIpc) is 2.33. The van der Waals surface area contributed by atoms with Gasteiger partial charge in [0.25, 0.3) is 0 Å². The van der Waals surface area contributed by atoms with E-state index in [9.17, 15) is 13.6 Å². The number of hydrogen-bond donors (Lipinski definition) is 0. The van der Waals surface area contributed by atoms with E-state index >= 15 is 0 Å². The maximum absolute atomic E-state index is 12.0. The van der Waals surface area contributed by atoms with Gasteiger partial charge in [-0.1, -0.05) is 0 Å². The smallest absolute Gasteiger partial charge is 0.163 e. The molecule has 1 aromatic rings. The zero-order valence-electron chi connectivity index (χ0n) is 9.54. The fourth-order valence-electron chi connectivity index (χ4n) is 1.31. The lowest BCUT2D eigenvalue weighted by Crippen LogP contribution is -2.05. The van der Waals surface area contributed by atoms with Crippen molar-refractivity contribution in [1.82, 2.24) is 0 Å². The Kier molecular flexibility index (Phi) is 5.39. The van der Waals surface area contributed by atoms with Gasteiger partial charge in [-0.25, -0.2) is 8.78 Å². The van der Waals surface area contributed by atoms with Crippen LogP contribution in [0.4, 0.5) is 8.78 Å². The molecule has 0 N–H and O–H groups in total. The summed E-state index contributed by atoms with van der Waals surface area (Å²) in [7, 11) is 0. The fraction of sp³-hybridized carbons (Fsp3) is 0.417. The molecule has 0 aliphatic carbocycles. The molecular weight excluding hydrogens is 230 g/mol. The van der Waals surface area contributed by atoms with E-state index in [1.54, 1.807) is 6.07 Å². The van der Waals surface area contributed by atoms with E-state index in [0.29, 0.717) is 11.3 Å². The van der Waals surface area contributed by atoms with E-state index in [4.69, 9.17) is 9.47 Å². The SMILES string of the molecule is CC(=O)c1ccc(OCCF)cc1OCCF. The summed E-state index contributed by atoms with van der Waals surface area (Å²) >= 11 is 0. The molecule has 0 spiro atoms. The molecule has 0 bridgehead atoms. The number of benzene rings is 1. The Labute approximate surface area is 98.3 Å². The van der Waals surface area contributed by atoms with Crippen molar-refractivity contribution in [3.05, 3.63) is 23.8 Å².